The molecule has 0 atom stereocenters. The van der Waals surface area contributed by atoms with Gasteiger partial charge in [-0.1, -0.05) is 29.4 Å². The van der Waals surface area contributed by atoms with Crippen molar-refractivity contribution >= 4 is 95.9 Å². The van der Waals surface area contributed by atoms with Crippen LogP contribution in [0, 0.1) is 45.3 Å². The third kappa shape index (κ3) is 20.0. The summed E-state index contributed by atoms with van der Waals surface area (Å²) in [6.07, 6.45) is 25.4. The molecular formula is C84H61BBr2N13O4S. The summed E-state index contributed by atoms with van der Waals surface area (Å²) in [4.78, 5) is 19.7. The third-order valence-electron chi connectivity index (χ3n) is 15.5. The number of nitrogens with one attached hydrogen (secondary N) is 1. The average molecular weight is 1520 g/mol. The summed E-state index contributed by atoms with van der Waals surface area (Å²) in [5, 5.41) is 39.8. The molecule has 8 aromatic heterocycles. The van der Waals surface area contributed by atoms with Gasteiger partial charge >= 0.3 is 24.8 Å². The van der Waals surface area contributed by atoms with Crippen LogP contribution in [0.3, 0.4) is 0 Å². The van der Waals surface area contributed by atoms with Crippen molar-refractivity contribution in [2.45, 2.75) is 13.8 Å². The number of hydrogen-bond donors (Lipinski definition) is 2. The van der Waals surface area contributed by atoms with E-state index in [0.717, 1.165) is 94.0 Å². The second-order valence-corrected chi connectivity index (χ2v) is 24.2. The zero-order valence-corrected chi connectivity index (χ0v) is 59.2. The number of pyridine rings is 4. The quantitative estimate of drug-likeness (QED) is 0.0624. The summed E-state index contributed by atoms with van der Waals surface area (Å²) in [6, 6.07) is 79.8. The van der Waals surface area contributed by atoms with E-state index in [1.54, 1.807) is 116 Å². The van der Waals surface area contributed by atoms with Gasteiger partial charge in [-0.05, 0) is 258 Å². The summed E-state index contributed by atoms with van der Waals surface area (Å²) < 4.78 is 34.1. The number of ether oxygens (including phenoxy) is 4. The van der Waals surface area contributed by atoms with Crippen molar-refractivity contribution in [1.29, 1.82) is 21.0 Å². The molecule has 8 heterocycles. The van der Waals surface area contributed by atoms with Crippen LogP contribution in [0.5, 0.6) is 46.0 Å². The SMILES string of the molecule is C.C=CCc1cn(-c2ccc(Oc3ccc(C#N)cc3)cc2)c2cnccc12.N#Cc1ccc(Oc2ccc(-n3cc(Br)c4ccncc43)cc2)cc1.N#Cc1ccc(Oc2ccc(-n3ccc4ccncc43)cc2)cc1.N#Cc1ccc(Oc2ccc(Br)cc2)cc1.[B]=NS.c1cc2cc[nH]c2cn1. The number of aromatic nitrogens is 8. The van der Waals surface area contributed by atoms with Gasteiger partial charge in [0, 0.05) is 97.1 Å². The van der Waals surface area contributed by atoms with E-state index in [2.05, 4.69) is 138 Å². The first-order valence-electron chi connectivity index (χ1n) is 31.8. The smallest absolute Gasteiger partial charge is 0.0640 e. The molecule has 509 valence electrons. The molecule has 0 aliphatic heterocycles. The number of benzene rings is 8. The topological polar surface area (TPSA) is 227 Å². The first-order valence-corrected chi connectivity index (χ1v) is 33.8. The Morgan fingerprint density at radius 1 is 0.429 bits per heavy atom. The number of aromatic amines is 1. The first-order chi connectivity index (χ1) is 51.0. The van der Waals surface area contributed by atoms with E-state index in [1.165, 1.54) is 16.3 Å². The summed E-state index contributed by atoms with van der Waals surface area (Å²) in [5.74, 6) is 5.83. The molecule has 105 heavy (non-hydrogen) atoms. The standard InChI is InChI=1S/C23H17N3O.C20H12BrN3O.C20H13N3O.C13H8BrNO.C7H6N2.CH4.BHNS/c1-2-3-18-16-26(23-15-25-13-12-22(18)23)19-6-10-21(11-7-19)27-20-8-4-17(14-24)5-9-20;21-19-13-24(20-12-23-10-9-18(19)20)15-3-7-17(8-4-15)25-16-5-1-14(11-22)2-6-16;21-13-15-1-5-18(6-2-15)24-19-7-3-17(4-8-19)23-12-10-16-9-11-22-14-20(16)23;14-11-3-7-13(8-4-11)16-12-5-1-10(9-15)2-6-12;1-3-8-5-7-6(1)2-4-9-7;;1-2-3/h2,4-13,15-16H,1,3H2;1-10,12-13H;1-12,14H;1-8H;1-5,9H;1H4;3H. The maximum Gasteiger partial charge on any atom is 0.0640 e. The van der Waals surface area contributed by atoms with Crippen LogP contribution in [0.15, 0.2) is 331 Å². The minimum Gasteiger partial charge on any atom is -0.360 e. The van der Waals surface area contributed by atoms with Gasteiger partial charge in [-0.3, -0.25) is 19.9 Å². The second-order valence-electron chi connectivity index (χ2n) is 22.2. The minimum absolute atomic E-state index is 0. The molecule has 0 unspecified atom stereocenters. The monoisotopic (exact) mass is 1520 g/mol. The van der Waals surface area contributed by atoms with Crippen molar-refractivity contribution in [3.63, 3.8) is 0 Å². The molecule has 0 aliphatic carbocycles. The summed E-state index contributed by atoms with van der Waals surface area (Å²) >= 11 is 10.1. The largest absolute Gasteiger partial charge is 0.360 e. The third-order valence-corrected chi connectivity index (χ3v) is 16.7. The molecule has 17 nitrogen and oxygen atoms in total. The van der Waals surface area contributed by atoms with Crippen LogP contribution in [0.4, 0.5) is 0 Å². The van der Waals surface area contributed by atoms with Gasteiger partial charge in [-0.2, -0.15) is 21.0 Å². The normalized spacial score (nSPS) is 10.0. The van der Waals surface area contributed by atoms with Crippen LogP contribution in [-0.2, 0) is 6.42 Å². The maximum absolute atomic E-state index is 8.86. The molecule has 0 spiro atoms. The van der Waals surface area contributed by atoms with E-state index >= 15 is 0 Å². The number of fused-ring (bicyclic) bond motifs is 4. The molecule has 16 rings (SSSR count). The van der Waals surface area contributed by atoms with E-state index < -0.39 is 0 Å². The predicted molar refractivity (Wildman–Crippen MR) is 424 cm³/mol. The fourth-order valence-electron chi connectivity index (χ4n) is 10.5. The number of thiol groups is 1. The van der Waals surface area contributed by atoms with Gasteiger partial charge in [0.1, 0.15) is 46.0 Å². The van der Waals surface area contributed by atoms with Crippen LogP contribution < -0.4 is 18.9 Å². The number of halogens is 2. The van der Waals surface area contributed by atoms with Gasteiger partial charge in [0.25, 0.3) is 0 Å². The Morgan fingerprint density at radius 3 is 1.18 bits per heavy atom. The number of nitriles is 4. The van der Waals surface area contributed by atoms with Crippen molar-refractivity contribution < 1.29 is 18.9 Å². The zero-order chi connectivity index (χ0) is 72.4. The number of allylic oxidation sites excluding steroid dienone is 1. The van der Waals surface area contributed by atoms with Gasteiger partial charge in [0.05, 0.1) is 93.4 Å². The Hall–Kier alpha value is -13.4. The van der Waals surface area contributed by atoms with Gasteiger partial charge in [-0.15, -0.1) is 6.58 Å². The van der Waals surface area contributed by atoms with Gasteiger partial charge in [-0.25, -0.2) is 0 Å². The van der Waals surface area contributed by atoms with E-state index in [0.29, 0.717) is 39.5 Å². The van der Waals surface area contributed by atoms with Crippen molar-refractivity contribution in [1.82, 2.24) is 38.6 Å². The fourth-order valence-corrected chi connectivity index (χ4v) is 11.3. The summed E-state index contributed by atoms with van der Waals surface area (Å²) in [6.45, 7) is 3.85. The molecule has 0 saturated carbocycles. The molecule has 0 fully saturated rings. The first kappa shape index (κ1) is 74.3. The second kappa shape index (κ2) is 37.3. The molecule has 8 aromatic carbocycles. The molecule has 16 aromatic rings. The molecule has 21 heteroatoms. The number of H-pyrrole nitrogens is 1. The van der Waals surface area contributed by atoms with Gasteiger partial charge < -0.3 is 37.6 Å². The Balaban J connectivity index is 0.000000143. The molecule has 1 radical (unpaired) electrons. The number of nitrogens with zero attached hydrogens (tertiary/aromatic N) is 12. The summed E-state index contributed by atoms with van der Waals surface area (Å²) in [5.41, 5.74) is 11.1. The maximum atomic E-state index is 8.86. The average Bonchev–Trinajstić information content (AvgIpc) is 1.64. The number of rotatable bonds is 13. The van der Waals surface area contributed by atoms with E-state index in [9.17, 15) is 0 Å². The van der Waals surface area contributed by atoms with Gasteiger partial charge in [0.15, 0.2) is 0 Å². The Bertz CT molecular complexity index is 5680. The van der Waals surface area contributed by atoms with Crippen LogP contribution >= 0.6 is 44.7 Å². The van der Waals surface area contributed by atoms with E-state index in [-0.39, 0.29) is 7.43 Å². The zero-order valence-electron chi connectivity index (χ0n) is 55.1. The molecule has 0 amide bonds. The van der Waals surface area contributed by atoms with Crippen LogP contribution in [0.1, 0.15) is 35.2 Å². The van der Waals surface area contributed by atoms with Crippen molar-refractivity contribution in [2.75, 3.05) is 0 Å². The summed E-state index contributed by atoms with van der Waals surface area (Å²) in [7, 11) is 4.34. The Labute approximate surface area is 629 Å². The van der Waals surface area contributed by atoms with E-state index in [4.69, 9.17) is 40.0 Å². The Morgan fingerprint density at radius 2 is 0.771 bits per heavy atom. The van der Waals surface area contributed by atoms with Crippen LogP contribution in [-0.4, -0.2) is 46.3 Å². The van der Waals surface area contributed by atoms with Crippen molar-refractivity contribution in [3.8, 4) is 87.3 Å². The fraction of sp³-hybridized carbons (Fsp3) is 0.0238. The molecular weight excluding hydrogens is 1460 g/mol. The molecule has 0 saturated heterocycles. The molecule has 0 aliphatic rings. The van der Waals surface area contributed by atoms with Crippen molar-refractivity contribution in [2.24, 2.45) is 4.30 Å². The van der Waals surface area contributed by atoms with Gasteiger partial charge in [0.2, 0.25) is 0 Å². The molecule has 0 bridgehead atoms. The number of hydrogen-bond acceptors (Lipinski definition) is 14. The Kier molecular flexibility index (Phi) is 26.4. The van der Waals surface area contributed by atoms with Crippen LogP contribution in [0.25, 0.3) is 60.7 Å². The molecule has 1 N–H and O–H groups in total. The van der Waals surface area contributed by atoms with E-state index in [1.807, 2.05) is 183 Å². The predicted octanol–water partition coefficient (Wildman–Crippen LogP) is 22.1. The van der Waals surface area contributed by atoms with Crippen LogP contribution in [0.2, 0.25) is 0 Å². The minimum atomic E-state index is 0. The van der Waals surface area contributed by atoms with Crippen molar-refractivity contribution in [3.05, 3.63) is 354 Å².